The van der Waals surface area contributed by atoms with Crippen molar-refractivity contribution < 1.29 is 14.6 Å². The molecule has 2 heterocycles. The molecule has 0 spiro atoms. The molecule has 2 aliphatic heterocycles. The van der Waals surface area contributed by atoms with Gasteiger partial charge in [0.05, 0.1) is 18.6 Å². The van der Waals surface area contributed by atoms with Crippen molar-refractivity contribution in [3.05, 3.63) is 34.3 Å². The van der Waals surface area contributed by atoms with Gasteiger partial charge in [0.25, 0.3) is 0 Å². The van der Waals surface area contributed by atoms with E-state index in [-0.39, 0.29) is 11.8 Å². The van der Waals surface area contributed by atoms with E-state index in [9.17, 15) is 4.79 Å². The standard InChI is InChI=1S/C15H17BrO3/c16-12-3-1-11(2-4-12)14-5-7-15(8-6-14,19-10-14)9-13(17)18/h1-4H,5-10H2,(H,17,18). The molecule has 0 radical (unpaired) electrons. The summed E-state index contributed by atoms with van der Waals surface area (Å²) >= 11 is 3.46. The van der Waals surface area contributed by atoms with Crippen LogP contribution in [0.1, 0.15) is 37.7 Å². The van der Waals surface area contributed by atoms with Gasteiger partial charge in [0.2, 0.25) is 0 Å². The molecule has 1 N–H and O–H groups in total. The van der Waals surface area contributed by atoms with E-state index in [1.165, 1.54) is 5.56 Å². The van der Waals surface area contributed by atoms with Gasteiger partial charge in [-0.1, -0.05) is 28.1 Å². The third-order valence-corrected chi connectivity index (χ3v) is 5.23. The lowest BCUT2D eigenvalue weighted by Gasteiger charge is -2.53. The first-order chi connectivity index (χ1) is 9.04. The number of carboxylic acid groups (broad SMARTS) is 1. The molecule has 1 aliphatic carbocycles. The average Bonchev–Trinajstić information content (AvgIpc) is 2.40. The highest BCUT2D eigenvalue weighted by Crippen LogP contribution is 2.51. The zero-order valence-corrected chi connectivity index (χ0v) is 12.3. The molecule has 4 rings (SSSR count). The molecule has 0 aromatic heterocycles. The van der Waals surface area contributed by atoms with Gasteiger partial charge in [-0.15, -0.1) is 0 Å². The number of rotatable bonds is 3. The first-order valence-electron chi connectivity index (χ1n) is 6.66. The number of ether oxygens (including phenoxy) is 1. The van der Waals surface area contributed by atoms with Crippen LogP contribution in [-0.2, 0) is 14.9 Å². The lowest BCUT2D eigenvalue weighted by Crippen LogP contribution is -2.54. The fourth-order valence-corrected chi connectivity index (χ4v) is 3.71. The van der Waals surface area contributed by atoms with Gasteiger partial charge in [-0.3, -0.25) is 4.79 Å². The molecule has 3 fully saturated rings. The van der Waals surface area contributed by atoms with Crippen LogP contribution in [0.25, 0.3) is 0 Å². The third-order valence-electron chi connectivity index (χ3n) is 4.70. The quantitative estimate of drug-likeness (QED) is 0.925. The first-order valence-corrected chi connectivity index (χ1v) is 7.45. The predicted molar refractivity (Wildman–Crippen MR) is 75.2 cm³/mol. The van der Waals surface area contributed by atoms with Crippen LogP contribution in [0, 0.1) is 0 Å². The van der Waals surface area contributed by atoms with E-state index < -0.39 is 11.6 Å². The van der Waals surface area contributed by atoms with Crippen LogP contribution in [0.5, 0.6) is 0 Å². The number of hydrogen-bond donors (Lipinski definition) is 1. The lowest BCUT2D eigenvalue weighted by atomic mass is 9.62. The van der Waals surface area contributed by atoms with Gasteiger partial charge in [-0.25, -0.2) is 0 Å². The van der Waals surface area contributed by atoms with Gasteiger partial charge in [0.15, 0.2) is 0 Å². The average molecular weight is 325 g/mol. The lowest BCUT2D eigenvalue weighted by molar-refractivity contribution is -0.174. The summed E-state index contributed by atoms with van der Waals surface area (Å²) in [6.07, 6.45) is 3.91. The minimum atomic E-state index is -0.752. The number of carboxylic acids is 1. The van der Waals surface area contributed by atoms with Crippen LogP contribution < -0.4 is 0 Å². The summed E-state index contributed by atoms with van der Waals surface area (Å²) in [6, 6.07) is 8.45. The molecule has 1 aromatic rings. The van der Waals surface area contributed by atoms with E-state index in [1.54, 1.807) is 0 Å². The van der Waals surface area contributed by atoms with Gasteiger partial charge < -0.3 is 9.84 Å². The maximum absolute atomic E-state index is 11.0. The summed E-state index contributed by atoms with van der Waals surface area (Å²) in [5.74, 6) is -0.752. The van der Waals surface area contributed by atoms with Crippen molar-refractivity contribution in [1.82, 2.24) is 0 Å². The van der Waals surface area contributed by atoms with Crippen LogP contribution in [-0.4, -0.2) is 23.3 Å². The van der Waals surface area contributed by atoms with E-state index in [4.69, 9.17) is 9.84 Å². The molecule has 0 amide bonds. The van der Waals surface area contributed by atoms with Crippen molar-refractivity contribution in [3.63, 3.8) is 0 Å². The first kappa shape index (κ1) is 13.1. The monoisotopic (exact) mass is 324 g/mol. The van der Waals surface area contributed by atoms with Gasteiger partial charge in [0.1, 0.15) is 0 Å². The Labute approximate surface area is 121 Å². The summed E-state index contributed by atoms with van der Waals surface area (Å²) in [5.41, 5.74) is 1.02. The van der Waals surface area contributed by atoms with Crippen LogP contribution in [0.2, 0.25) is 0 Å². The molecular weight excluding hydrogens is 308 g/mol. The summed E-state index contributed by atoms with van der Waals surface area (Å²) in [7, 11) is 0. The normalized spacial score (nSPS) is 33.3. The Hall–Kier alpha value is -0.870. The topological polar surface area (TPSA) is 46.5 Å². The van der Waals surface area contributed by atoms with Crippen molar-refractivity contribution in [1.29, 1.82) is 0 Å². The van der Waals surface area contributed by atoms with Crippen molar-refractivity contribution >= 4 is 21.9 Å². The Morgan fingerprint density at radius 1 is 1.21 bits per heavy atom. The van der Waals surface area contributed by atoms with Crippen LogP contribution >= 0.6 is 15.9 Å². The zero-order valence-electron chi connectivity index (χ0n) is 10.7. The fourth-order valence-electron chi connectivity index (χ4n) is 3.44. The molecule has 0 unspecified atom stereocenters. The van der Waals surface area contributed by atoms with Gasteiger partial charge in [-0.2, -0.15) is 0 Å². The van der Waals surface area contributed by atoms with E-state index in [1.807, 2.05) is 0 Å². The minimum absolute atomic E-state index is 0.0982. The van der Waals surface area contributed by atoms with E-state index in [0.717, 1.165) is 30.2 Å². The maximum atomic E-state index is 11.0. The molecule has 1 saturated carbocycles. The SMILES string of the molecule is O=C(O)CC12CCC(c3ccc(Br)cc3)(CC1)CO2. The Kier molecular flexibility index (Phi) is 3.18. The van der Waals surface area contributed by atoms with Crippen molar-refractivity contribution in [2.24, 2.45) is 0 Å². The second-order valence-corrected chi connectivity index (χ2v) is 6.75. The number of fused-ring (bicyclic) bond motifs is 3. The number of aliphatic carboxylic acids is 1. The minimum Gasteiger partial charge on any atom is -0.481 e. The molecule has 4 heteroatoms. The third kappa shape index (κ3) is 2.32. The highest BCUT2D eigenvalue weighted by molar-refractivity contribution is 9.10. The molecule has 3 nitrogen and oxygen atoms in total. The van der Waals surface area contributed by atoms with Crippen molar-refractivity contribution in [2.45, 2.75) is 43.1 Å². The number of halogens is 1. The number of benzene rings is 1. The van der Waals surface area contributed by atoms with E-state index >= 15 is 0 Å². The molecule has 2 saturated heterocycles. The van der Waals surface area contributed by atoms with Crippen LogP contribution in [0.4, 0.5) is 0 Å². The second-order valence-electron chi connectivity index (χ2n) is 5.83. The van der Waals surface area contributed by atoms with Gasteiger partial charge >= 0.3 is 5.97 Å². The molecule has 3 aliphatic rings. The predicted octanol–water partition coefficient (Wildman–Crippen LogP) is 3.50. The van der Waals surface area contributed by atoms with Crippen LogP contribution in [0.3, 0.4) is 0 Å². The van der Waals surface area contributed by atoms with Gasteiger partial charge in [0, 0.05) is 9.89 Å². The Morgan fingerprint density at radius 2 is 1.84 bits per heavy atom. The molecule has 0 atom stereocenters. The number of carbonyl (C=O) groups is 1. The summed E-state index contributed by atoms with van der Waals surface area (Å²) in [5, 5.41) is 9.01. The smallest absolute Gasteiger partial charge is 0.306 e. The maximum Gasteiger partial charge on any atom is 0.306 e. The Balaban J connectivity index is 1.81. The second kappa shape index (κ2) is 4.60. The Bertz CT molecular complexity index is 470. The van der Waals surface area contributed by atoms with Gasteiger partial charge in [-0.05, 0) is 43.4 Å². The van der Waals surface area contributed by atoms with Crippen molar-refractivity contribution in [3.8, 4) is 0 Å². The van der Waals surface area contributed by atoms with Crippen molar-refractivity contribution in [2.75, 3.05) is 6.61 Å². The molecule has 19 heavy (non-hydrogen) atoms. The summed E-state index contributed by atoms with van der Waals surface area (Å²) in [4.78, 5) is 11.0. The fraction of sp³-hybridized carbons (Fsp3) is 0.533. The largest absolute Gasteiger partial charge is 0.481 e. The molecule has 102 valence electrons. The number of hydrogen-bond acceptors (Lipinski definition) is 2. The Morgan fingerprint density at radius 3 is 2.32 bits per heavy atom. The van der Waals surface area contributed by atoms with Crippen LogP contribution in [0.15, 0.2) is 28.7 Å². The summed E-state index contributed by atoms with van der Waals surface area (Å²) < 4.78 is 7.05. The van der Waals surface area contributed by atoms with E-state index in [2.05, 4.69) is 40.2 Å². The highest BCUT2D eigenvalue weighted by atomic mass is 79.9. The zero-order chi connectivity index (χ0) is 13.5. The molecular formula is C15H17BrO3. The van der Waals surface area contributed by atoms with E-state index in [0.29, 0.717) is 6.61 Å². The molecule has 1 aromatic carbocycles. The summed E-state index contributed by atoms with van der Waals surface area (Å²) in [6.45, 7) is 0.655. The highest BCUT2D eigenvalue weighted by Gasteiger charge is 2.51. The molecule has 2 bridgehead atoms.